The van der Waals surface area contributed by atoms with Crippen molar-refractivity contribution in [3.05, 3.63) is 59.5 Å². The first-order chi connectivity index (χ1) is 14.6. The van der Waals surface area contributed by atoms with E-state index >= 15 is 0 Å². The molecular weight excluding hydrogens is 378 g/mol. The highest BCUT2D eigenvalue weighted by Gasteiger charge is 2.40. The second kappa shape index (κ2) is 10.4. The van der Waals surface area contributed by atoms with E-state index in [9.17, 15) is 0 Å². The Morgan fingerprint density at radius 1 is 1.33 bits per heavy atom. The highest BCUT2D eigenvalue weighted by molar-refractivity contribution is 5.78. The summed E-state index contributed by atoms with van der Waals surface area (Å²) in [5.41, 5.74) is 14.4. The molecule has 158 valence electrons. The summed E-state index contributed by atoms with van der Waals surface area (Å²) in [5, 5.41) is 3.28. The van der Waals surface area contributed by atoms with Crippen LogP contribution in [-0.2, 0) is 0 Å². The number of aryl methyl sites for hydroxylation is 1. The van der Waals surface area contributed by atoms with Crippen LogP contribution in [0, 0.1) is 12.8 Å². The molecule has 0 unspecified atom stereocenters. The van der Waals surface area contributed by atoms with E-state index in [0.29, 0.717) is 42.5 Å². The summed E-state index contributed by atoms with van der Waals surface area (Å²) in [6.45, 7) is 3.29. The fourth-order valence-corrected chi connectivity index (χ4v) is 3.14. The molecule has 1 fully saturated rings. The third-order valence-corrected chi connectivity index (χ3v) is 4.88. The summed E-state index contributed by atoms with van der Waals surface area (Å²) in [7, 11) is 1.72. The van der Waals surface area contributed by atoms with Gasteiger partial charge in [-0.15, -0.1) is 0 Å². The fraction of sp³-hybridized carbons (Fsp3) is 0.364. The van der Waals surface area contributed by atoms with Crippen molar-refractivity contribution in [3.63, 3.8) is 0 Å². The first kappa shape index (κ1) is 21.3. The van der Waals surface area contributed by atoms with E-state index < -0.39 is 0 Å². The van der Waals surface area contributed by atoms with Crippen LogP contribution in [0.15, 0.2) is 47.4 Å². The smallest absolute Gasteiger partial charge is 0.219 e. The van der Waals surface area contributed by atoms with Crippen molar-refractivity contribution in [1.82, 2.24) is 15.0 Å². The highest BCUT2D eigenvalue weighted by Crippen LogP contribution is 2.46. The lowest BCUT2D eigenvalue weighted by molar-refractivity contribution is 0.285. The van der Waals surface area contributed by atoms with Gasteiger partial charge in [0.15, 0.2) is 5.82 Å². The van der Waals surface area contributed by atoms with E-state index in [-0.39, 0.29) is 0 Å². The number of nitrogens with two attached hydrogens (primary N) is 2. The highest BCUT2D eigenvalue weighted by atomic mass is 16.5. The molecule has 1 saturated carbocycles. The van der Waals surface area contributed by atoms with Crippen molar-refractivity contribution in [3.8, 4) is 5.88 Å². The zero-order valence-electron chi connectivity index (χ0n) is 17.5. The summed E-state index contributed by atoms with van der Waals surface area (Å²) >= 11 is 0. The molecule has 2 aromatic heterocycles. The molecule has 2 heterocycles. The molecular formula is C22H29N7O. The quantitative estimate of drug-likeness (QED) is 0.517. The third kappa shape index (κ3) is 6.04. The van der Waals surface area contributed by atoms with Crippen LogP contribution in [0.5, 0.6) is 5.88 Å². The number of nitrogens with zero attached hydrogens (tertiary/aromatic N) is 4. The van der Waals surface area contributed by atoms with Crippen LogP contribution in [0.3, 0.4) is 0 Å². The number of hydrogen-bond donors (Lipinski definition) is 3. The normalized spacial score (nSPS) is 18.8. The van der Waals surface area contributed by atoms with Crippen molar-refractivity contribution >= 4 is 18.1 Å². The van der Waals surface area contributed by atoms with Gasteiger partial charge in [0.2, 0.25) is 5.88 Å². The van der Waals surface area contributed by atoms with Gasteiger partial charge >= 0.3 is 0 Å². The number of rotatable bonds is 10. The zero-order chi connectivity index (χ0) is 21.3. The average Bonchev–Trinajstić information content (AvgIpc) is 3.52. The fourth-order valence-electron chi connectivity index (χ4n) is 3.14. The van der Waals surface area contributed by atoms with Crippen LogP contribution >= 0.6 is 0 Å². The standard InChI is InChI=1S/C22H29N7O/c1-15-3-4-19(27-12-15)18-9-17(18)14-30-22-10-21(28-20(29-22)5-7-23)26-8-6-16(11-24)13-25-2/h3-5,7,10-13,17-18H,6,8-9,14,23-24H2,1-2H3,(H,26,28,29)/t17-,18+/m1/s1. The van der Waals surface area contributed by atoms with Crippen molar-refractivity contribution < 1.29 is 4.74 Å². The molecule has 8 heteroatoms. The van der Waals surface area contributed by atoms with E-state index in [2.05, 4.69) is 37.4 Å². The number of hydrogen-bond acceptors (Lipinski definition) is 8. The summed E-state index contributed by atoms with van der Waals surface area (Å²) in [6.07, 6.45) is 10.1. The predicted molar refractivity (Wildman–Crippen MR) is 120 cm³/mol. The third-order valence-electron chi connectivity index (χ3n) is 4.88. The van der Waals surface area contributed by atoms with Crippen LogP contribution in [0.4, 0.5) is 5.82 Å². The Kier molecular flexibility index (Phi) is 7.37. The number of aliphatic imine (C=N–C) groups is 1. The Labute approximate surface area is 177 Å². The Bertz CT molecular complexity index is 922. The number of anilines is 1. The molecule has 0 bridgehead atoms. The van der Waals surface area contributed by atoms with Crippen molar-refractivity contribution in [2.24, 2.45) is 22.4 Å². The molecule has 2 aromatic rings. The van der Waals surface area contributed by atoms with Crippen molar-refractivity contribution in [2.75, 3.05) is 25.5 Å². The number of ether oxygens (including phenoxy) is 1. The lowest BCUT2D eigenvalue weighted by atomic mass is 10.2. The van der Waals surface area contributed by atoms with E-state index in [4.69, 9.17) is 16.2 Å². The van der Waals surface area contributed by atoms with E-state index in [1.54, 1.807) is 31.6 Å². The monoisotopic (exact) mass is 407 g/mol. The van der Waals surface area contributed by atoms with Gasteiger partial charge in [0.1, 0.15) is 5.82 Å². The van der Waals surface area contributed by atoms with Gasteiger partial charge in [0, 0.05) is 49.6 Å². The van der Waals surface area contributed by atoms with Crippen molar-refractivity contribution in [2.45, 2.75) is 25.7 Å². The maximum Gasteiger partial charge on any atom is 0.219 e. The van der Waals surface area contributed by atoms with Crippen LogP contribution < -0.4 is 21.5 Å². The Hall–Kier alpha value is -3.42. The van der Waals surface area contributed by atoms with Crippen LogP contribution in [0.1, 0.15) is 35.8 Å². The first-order valence-electron chi connectivity index (χ1n) is 10.0. The molecule has 3 rings (SSSR count). The summed E-state index contributed by atoms with van der Waals surface area (Å²) in [6, 6.07) is 6.00. The molecule has 0 amide bonds. The van der Waals surface area contributed by atoms with Crippen LogP contribution in [-0.4, -0.2) is 41.4 Å². The minimum atomic E-state index is 0.450. The topological polar surface area (TPSA) is 124 Å². The predicted octanol–water partition coefficient (Wildman–Crippen LogP) is 2.64. The lowest BCUT2D eigenvalue weighted by Crippen LogP contribution is -2.09. The van der Waals surface area contributed by atoms with Crippen molar-refractivity contribution in [1.29, 1.82) is 0 Å². The molecule has 0 spiro atoms. The maximum absolute atomic E-state index is 5.97. The molecule has 1 aliphatic rings. The largest absolute Gasteiger partial charge is 0.477 e. The molecule has 1 aliphatic carbocycles. The van der Waals surface area contributed by atoms with Gasteiger partial charge in [0.25, 0.3) is 0 Å². The minimum Gasteiger partial charge on any atom is -0.477 e. The Balaban J connectivity index is 1.58. The van der Waals surface area contributed by atoms with Crippen LogP contribution in [0.25, 0.3) is 6.08 Å². The van der Waals surface area contributed by atoms with Gasteiger partial charge in [0.05, 0.1) is 6.61 Å². The van der Waals surface area contributed by atoms with E-state index in [0.717, 1.165) is 24.1 Å². The molecule has 0 radical (unpaired) electrons. The molecule has 0 aromatic carbocycles. The Morgan fingerprint density at radius 3 is 2.90 bits per heavy atom. The maximum atomic E-state index is 5.97. The molecule has 30 heavy (non-hydrogen) atoms. The van der Waals surface area contributed by atoms with E-state index in [1.807, 2.05) is 13.1 Å². The molecule has 5 N–H and O–H groups in total. The SMILES string of the molecule is CN=CC(=CN)CCNc1cc(OC[C@H]2C[C@@H]2c2ccc(C)cn2)nc(C=CN)n1. The van der Waals surface area contributed by atoms with Gasteiger partial charge in [-0.3, -0.25) is 9.98 Å². The molecule has 2 atom stereocenters. The Morgan fingerprint density at radius 2 is 2.20 bits per heavy atom. The second-order valence-corrected chi connectivity index (χ2v) is 7.29. The molecule has 8 nitrogen and oxygen atoms in total. The van der Waals surface area contributed by atoms with Crippen LogP contribution in [0.2, 0.25) is 0 Å². The second-order valence-electron chi connectivity index (χ2n) is 7.29. The number of pyridine rings is 1. The lowest BCUT2D eigenvalue weighted by Gasteiger charge is -2.10. The van der Waals surface area contributed by atoms with E-state index in [1.165, 1.54) is 11.8 Å². The zero-order valence-corrected chi connectivity index (χ0v) is 17.5. The minimum absolute atomic E-state index is 0.450. The molecule has 0 saturated heterocycles. The van der Waals surface area contributed by atoms with Gasteiger partial charge in [-0.25, -0.2) is 4.98 Å². The average molecular weight is 408 g/mol. The van der Waals surface area contributed by atoms with Gasteiger partial charge in [-0.2, -0.15) is 4.98 Å². The number of nitrogens with one attached hydrogen (secondary N) is 1. The molecule has 0 aliphatic heterocycles. The summed E-state index contributed by atoms with van der Waals surface area (Å²) < 4.78 is 5.97. The first-order valence-corrected chi connectivity index (χ1v) is 10.0. The van der Waals surface area contributed by atoms with Gasteiger partial charge < -0.3 is 21.5 Å². The summed E-state index contributed by atoms with van der Waals surface area (Å²) in [5.74, 6) is 2.59. The summed E-state index contributed by atoms with van der Waals surface area (Å²) in [4.78, 5) is 17.4. The van der Waals surface area contributed by atoms with Gasteiger partial charge in [-0.05, 0) is 55.4 Å². The van der Waals surface area contributed by atoms with Gasteiger partial charge in [-0.1, -0.05) is 6.07 Å². The number of aromatic nitrogens is 3.